The lowest BCUT2D eigenvalue weighted by molar-refractivity contribution is 0.0519. The van der Waals surface area contributed by atoms with Crippen LogP contribution in [-0.2, 0) is 4.74 Å². The third-order valence-electron chi connectivity index (χ3n) is 2.46. The molecule has 0 saturated heterocycles. The van der Waals surface area contributed by atoms with Crippen molar-refractivity contribution < 1.29 is 19.0 Å². The zero-order valence-corrected chi connectivity index (χ0v) is 11.3. The van der Waals surface area contributed by atoms with Crippen LogP contribution in [0.2, 0.25) is 0 Å². The lowest BCUT2D eigenvalue weighted by atomic mass is 10.2. The molecule has 4 nitrogen and oxygen atoms in total. The summed E-state index contributed by atoms with van der Waals surface area (Å²) in [6.07, 6.45) is 0. The van der Waals surface area contributed by atoms with E-state index in [4.69, 9.17) is 9.84 Å². The van der Waals surface area contributed by atoms with Gasteiger partial charge in [0.1, 0.15) is 5.01 Å². The summed E-state index contributed by atoms with van der Waals surface area (Å²) in [6, 6.07) is 3.99. The molecule has 0 bridgehead atoms. The Labute approximate surface area is 113 Å². The van der Waals surface area contributed by atoms with Gasteiger partial charge in [-0.1, -0.05) is 0 Å². The van der Waals surface area contributed by atoms with Crippen LogP contribution in [-0.4, -0.2) is 22.7 Å². The monoisotopic (exact) mass is 281 g/mol. The van der Waals surface area contributed by atoms with Crippen molar-refractivity contribution in [2.45, 2.75) is 13.8 Å². The summed E-state index contributed by atoms with van der Waals surface area (Å²) < 4.78 is 18.2. The maximum atomic E-state index is 13.3. The molecule has 6 heteroatoms. The molecule has 2 aromatic rings. The number of thiazole rings is 1. The summed E-state index contributed by atoms with van der Waals surface area (Å²) in [5, 5.41) is 9.66. The second kappa shape index (κ2) is 5.36. The van der Waals surface area contributed by atoms with Crippen molar-refractivity contribution in [1.29, 1.82) is 0 Å². The molecule has 1 heterocycles. The molecule has 0 radical (unpaired) electrons. The van der Waals surface area contributed by atoms with Gasteiger partial charge in [0.05, 0.1) is 6.61 Å². The Kier molecular flexibility index (Phi) is 3.80. The number of carbonyl (C=O) groups excluding carboxylic acids is 1. The largest absolute Gasteiger partial charge is 0.505 e. The van der Waals surface area contributed by atoms with E-state index in [-0.39, 0.29) is 12.3 Å². The van der Waals surface area contributed by atoms with Gasteiger partial charge in [0.25, 0.3) is 0 Å². The molecular formula is C13H12FNO3S. The molecule has 19 heavy (non-hydrogen) atoms. The van der Waals surface area contributed by atoms with Crippen LogP contribution in [0.4, 0.5) is 4.39 Å². The molecule has 1 N–H and O–H groups in total. The molecule has 1 aromatic carbocycles. The summed E-state index contributed by atoms with van der Waals surface area (Å²) >= 11 is 1.28. The Hall–Kier alpha value is -1.95. The fourth-order valence-electron chi connectivity index (χ4n) is 1.55. The first-order valence-electron chi connectivity index (χ1n) is 5.66. The number of phenolic OH excluding ortho intramolecular Hbond substituents is 1. The lowest BCUT2D eigenvalue weighted by Crippen LogP contribution is -2.06. The zero-order chi connectivity index (χ0) is 14.0. The molecule has 0 aliphatic heterocycles. The Morgan fingerprint density at radius 2 is 2.26 bits per heavy atom. The number of hydrogen-bond acceptors (Lipinski definition) is 5. The van der Waals surface area contributed by atoms with Gasteiger partial charge in [0, 0.05) is 10.4 Å². The van der Waals surface area contributed by atoms with Gasteiger partial charge in [-0.05, 0) is 32.0 Å². The molecule has 0 fully saturated rings. The first-order chi connectivity index (χ1) is 9.02. The topological polar surface area (TPSA) is 59.4 Å². The maximum absolute atomic E-state index is 13.3. The van der Waals surface area contributed by atoms with E-state index in [9.17, 15) is 9.18 Å². The van der Waals surface area contributed by atoms with Crippen LogP contribution < -0.4 is 0 Å². The van der Waals surface area contributed by atoms with Crippen molar-refractivity contribution in [3.05, 3.63) is 34.6 Å². The Bertz CT molecular complexity index is 624. The van der Waals surface area contributed by atoms with Crippen molar-refractivity contribution in [3.8, 4) is 16.3 Å². The van der Waals surface area contributed by atoms with Crippen molar-refractivity contribution >= 4 is 17.3 Å². The number of benzene rings is 1. The van der Waals surface area contributed by atoms with Crippen molar-refractivity contribution in [1.82, 2.24) is 4.98 Å². The highest BCUT2D eigenvalue weighted by Crippen LogP contribution is 2.30. The SMILES string of the molecule is CCOC(=O)c1nc(-c2ccc(O)c(F)c2)sc1C. The van der Waals surface area contributed by atoms with Crippen LogP contribution in [0.1, 0.15) is 22.3 Å². The van der Waals surface area contributed by atoms with E-state index < -0.39 is 17.5 Å². The maximum Gasteiger partial charge on any atom is 0.358 e. The minimum atomic E-state index is -0.719. The van der Waals surface area contributed by atoms with Crippen LogP contribution in [0.15, 0.2) is 18.2 Å². The number of hydrogen-bond donors (Lipinski definition) is 1. The number of nitrogens with zero attached hydrogens (tertiary/aromatic N) is 1. The van der Waals surface area contributed by atoms with Gasteiger partial charge in [0.15, 0.2) is 17.3 Å². The molecule has 100 valence electrons. The van der Waals surface area contributed by atoms with E-state index in [0.717, 1.165) is 0 Å². The van der Waals surface area contributed by atoms with Gasteiger partial charge in [0.2, 0.25) is 0 Å². The average molecular weight is 281 g/mol. The predicted octanol–water partition coefficient (Wildman–Crippen LogP) is 3.14. The third-order valence-corrected chi connectivity index (χ3v) is 3.48. The molecule has 0 spiro atoms. The predicted molar refractivity (Wildman–Crippen MR) is 69.9 cm³/mol. The molecule has 0 atom stereocenters. The summed E-state index contributed by atoms with van der Waals surface area (Å²) in [6.45, 7) is 3.75. The van der Waals surface area contributed by atoms with Crippen molar-refractivity contribution in [3.63, 3.8) is 0 Å². The lowest BCUT2D eigenvalue weighted by Gasteiger charge is -1.99. The van der Waals surface area contributed by atoms with E-state index in [1.54, 1.807) is 19.9 Å². The molecular weight excluding hydrogens is 269 g/mol. The summed E-state index contributed by atoms with van der Waals surface area (Å²) in [5.74, 6) is -1.62. The van der Waals surface area contributed by atoms with E-state index in [0.29, 0.717) is 15.4 Å². The van der Waals surface area contributed by atoms with E-state index in [1.807, 2.05) is 0 Å². The molecule has 0 unspecified atom stereocenters. The average Bonchev–Trinajstić information content (AvgIpc) is 2.75. The minimum Gasteiger partial charge on any atom is -0.505 e. The minimum absolute atomic E-state index is 0.246. The number of ether oxygens (including phenoxy) is 1. The second-order valence-electron chi connectivity index (χ2n) is 3.81. The Balaban J connectivity index is 2.38. The van der Waals surface area contributed by atoms with Crippen LogP contribution in [0.3, 0.4) is 0 Å². The molecule has 0 amide bonds. The first kappa shape index (κ1) is 13.5. The number of phenols is 1. The number of carbonyl (C=O) groups is 1. The number of esters is 1. The highest BCUT2D eigenvalue weighted by atomic mass is 32.1. The molecule has 0 aliphatic rings. The Morgan fingerprint density at radius 1 is 1.53 bits per heavy atom. The number of aromatic nitrogens is 1. The van der Waals surface area contributed by atoms with Gasteiger partial charge in [-0.15, -0.1) is 11.3 Å². The summed E-state index contributed by atoms with van der Waals surface area (Å²) in [5.41, 5.74) is 0.759. The quantitative estimate of drug-likeness (QED) is 0.878. The van der Waals surface area contributed by atoms with Crippen molar-refractivity contribution in [2.75, 3.05) is 6.61 Å². The smallest absolute Gasteiger partial charge is 0.358 e. The molecule has 2 rings (SSSR count). The van der Waals surface area contributed by atoms with Crippen LogP contribution >= 0.6 is 11.3 Å². The van der Waals surface area contributed by atoms with E-state index in [1.165, 1.54) is 23.5 Å². The molecule has 0 aliphatic carbocycles. The van der Waals surface area contributed by atoms with E-state index in [2.05, 4.69) is 4.98 Å². The number of rotatable bonds is 3. The van der Waals surface area contributed by atoms with Gasteiger partial charge in [-0.25, -0.2) is 14.2 Å². The third kappa shape index (κ3) is 2.73. The molecule has 1 aromatic heterocycles. The molecule has 0 saturated carbocycles. The van der Waals surface area contributed by atoms with Crippen LogP contribution in [0.5, 0.6) is 5.75 Å². The van der Waals surface area contributed by atoms with Gasteiger partial charge >= 0.3 is 5.97 Å². The van der Waals surface area contributed by atoms with Crippen molar-refractivity contribution in [2.24, 2.45) is 0 Å². The zero-order valence-electron chi connectivity index (χ0n) is 10.4. The highest BCUT2D eigenvalue weighted by Gasteiger charge is 2.17. The van der Waals surface area contributed by atoms with Crippen LogP contribution in [0, 0.1) is 12.7 Å². The number of aromatic hydroxyl groups is 1. The standard InChI is InChI=1S/C13H12FNO3S/c1-3-18-13(17)11-7(2)19-12(15-11)8-4-5-10(16)9(14)6-8/h4-6,16H,3H2,1-2H3. The summed E-state index contributed by atoms with van der Waals surface area (Å²) in [4.78, 5) is 16.5. The first-order valence-corrected chi connectivity index (χ1v) is 6.48. The van der Waals surface area contributed by atoms with Crippen LogP contribution in [0.25, 0.3) is 10.6 Å². The Morgan fingerprint density at radius 3 is 2.89 bits per heavy atom. The van der Waals surface area contributed by atoms with Gasteiger partial charge in [-0.3, -0.25) is 0 Å². The van der Waals surface area contributed by atoms with E-state index >= 15 is 0 Å². The fraction of sp³-hybridized carbons (Fsp3) is 0.231. The fourth-order valence-corrected chi connectivity index (χ4v) is 2.45. The number of aryl methyl sites for hydroxylation is 1. The van der Waals surface area contributed by atoms with Gasteiger partial charge in [-0.2, -0.15) is 0 Å². The second-order valence-corrected chi connectivity index (χ2v) is 5.01. The highest BCUT2D eigenvalue weighted by molar-refractivity contribution is 7.15. The van der Waals surface area contributed by atoms with Gasteiger partial charge < -0.3 is 9.84 Å². The summed E-state index contributed by atoms with van der Waals surface area (Å²) in [7, 11) is 0. The normalized spacial score (nSPS) is 10.5. The number of halogens is 1.